The maximum atomic E-state index is 13.2. The van der Waals surface area contributed by atoms with Gasteiger partial charge in [-0.2, -0.15) is 0 Å². The highest BCUT2D eigenvalue weighted by molar-refractivity contribution is 5.86. The number of carbonyl (C=O) groups is 1. The van der Waals surface area contributed by atoms with Gasteiger partial charge in [0.1, 0.15) is 0 Å². The quantitative estimate of drug-likeness (QED) is 0.652. The number of likely N-dealkylation sites (tertiary alicyclic amines) is 1. The molecule has 0 saturated carbocycles. The zero-order chi connectivity index (χ0) is 17.8. The lowest BCUT2D eigenvalue weighted by Gasteiger charge is -2.25. The molecule has 0 bridgehead atoms. The maximum absolute atomic E-state index is 13.2. The largest absolute Gasteiger partial charge is 0.334 e. The van der Waals surface area contributed by atoms with Gasteiger partial charge in [-0.15, -0.1) is 0 Å². The fourth-order valence-electron chi connectivity index (χ4n) is 3.91. The molecule has 26 heavy (non-hydrogen) atoms. The van der Waals surface area contributed by atoms with E-state index in [4.69, 9.17) is 0 Å². The highest BCUT2D eigenvalue weighted by Crippen LogP contribution is 2.35. The number of hydrogen-bond donors (Lipinski definition) is 0. The predicted octanol–water partition coefficient (Wildman–Crippen LogP) is 4.81. The van der Waals surface area contributed by atoms with Crippen LogP contribution in [0.4, 0.5) is 0 Å². The monoisotopic (exact) mass is 341 g/mol. The van der Waals surface area contributed by atoms with Crippen LogP contribution in [-0.4, -0.2) is 16.8 Å². The van der Waals surface area contributed by atoms with Crippen molar-refractivity contribution >= 4 is 5.91 Å². The van der Waals surface area contributed by atoms with Gasteiger partial charge >= 0.3 is 0 Å². The molecule has 1 heterocycles. The Bertz CT molecular complexity index is 845. The molecule has 0 unspecified atom stereocenters. The molecule has 1 saturated heterocycles. The molecule has 0 aliphatic carbocycles. The summed E-state index contributed by atoms with van der Waals surface area (Å²) in [6, 6.07) is 31.2. The smallest absolute Gasteiger partial charge is 0.230 e. The highest BCUT2D eigenvalue weighted by Gasteiger charge is 2.39. The Balaban J connectivity index is 1.61. The summed E-state index contributed by atoms with van der Waals surface area (Å²) in [5.74, 6) is 0.217. The zero-order valence-corrected chi connectivity index (χ0v) is 14.8. The Kier molecular flexibility index (Phi) is 4.83. The van der Waals surface area contributed by atoms with Gasteiger partial charge in [-0.05, 0) is 29.5 Å². The first-order chi connectivity index (χ1) is 12.8. The highest BCUT2D eigenvalue weighted by atomic mass is 16.2. The second-order valence-electron chi connectivity index (χ2n) is 6.99. The van der Waals surface area contributed by atoms with Gasteiger partial charge in [0, 0.05) is 12.6 Å². The van der Waals surface area contributed by atoms with Gasteiger partial charge < -0.3 is 4.90 Å². The van der Waals surface area contributed by atoms with Crippen LogP contribution in [0.5, 0.6) is 0 Å². The van der Waals surface area contributed by atoms with Crippen LogP contribution in [0.25, 0.3) is 0 Å². The molecule has 130 valence electrons. The van der Waals surface area contributed by atoms with Crippen molar-refractivity contribution in [2.45, 2.75) is 31.3 Å². The first kappa shape index (κ1) is 16.6. The average Bonchev–Trinajstić information content (AvgIpc) is 3.00. The third kappa shape index (κ3) is 3.55. The summed E-state index contributed by atoms with van der Waals surface area (Å²) in [6.45, 7) is 0.681. The summed E-state index contributed by atoms with van der Waals surface area (Å²) in [5.41, 5.74) is 3.61. The summed E-state index contributed by atoms with van der Waals surface area (Å²) in [7, 11) is 0. The molecule has 3 aromatic carbocycles. The first-order valence-corrected chi connectivity index (χ1v) is 9.24. The van der Waals surface area contributed by atoms with Crippen molar-refractivity contribution < 1.29 is 4.79 Å². The normalized spacial score (nSPS) is 19.7. The topological polar surface area (TPSA) is 20.3 Å². The van der Waals surface area contributed by atoms with E-state index in [0.717, 1.165) is 18.4 Å². The van der Waals surface area contributed by atoms with E-state index in [1.807, 2.05) is 42.5 Å². The van der Waals surface area contributed by atoms with E-state index in [0.29, 0.717) is 6.54 Å². The van der Waals surface area contributed by atoms with Crippen LogP contribution in [0, 0.1) is 0 Å². The van der Waals surface area contributed by atoms with E-state index in [2.05, 4.69) is 53.4 Å². The second-order valence-corrected chi connectivity index (χ2v) is 6.99. The lowest BCUT2D eigenvalue weighted by Crippen LogP contribution is -2.34. The minimum absolute atomic E-state index is 0.0337. The van der Waals surface area contributed by atoms with E-state index in [-0.39, 0.29) is 17.9 Å². The van der Waals surface area contributed by atoms with Gasteiger partial charge in [-0.3, -0.25) is 4.79 Å². The van der Waals surface area contributed by atoms with Crippen molar-refractivity contribution in [1.29, 1.82) is 0 Å². The van der Waals surface area contributed by atoms with Gasteiger partial charge in [-0.25, -0.2) is 0 Å². The van der Waals surface area contributed by atoms with Crippen molar-refractivity contribution in [3.8, 4) is 0 Å². The molecule has 1 fully saturated rings. The summed E-state index contributed by atoms with van der Waals surface area (Å²) in [4.78, 5) is 15.3. The van der Waals surface area contributed by atoms with E-state index in [9.17, 15) is 4.79 Å². The molecule has 3 aromatic rings. The van der Waals surface area contributed by atoms with E-state index in [1.54, 1.807) is 0 Å². The molecular weight excluding hydrogens is 318 g/mol. The van der Waals surface area contributed by atoms with Crippen molar-refractivity contribution in [1.82, 2.24) is 4.90 Å². The van der Waals surface area contributed by atoms with Crippen LogP contribution in [0.15, 0.2) is 91.0 Å². The number of hydrogen-bond acceptors (Lipinski definition) is 1. The maximum Gasteiger partial charge on any atom is 0.230 e. The number of nitrogens with zero attached hydrogens (tertiary/aromatic N) is 1. The van der Waals surface area contributed by atoms with E-state index in [1.165, 1.54) is 11.1 Å². The number of amides is 1. The molecule has 2 nitrogen and oxygen atoms in total. The van der Waals surface area contributed by atoms with Crippen LogP contribution in [0.2, 0.25) is 0 Å². The third-order valence-electron chi connectivity index (χ3n) is 5.24. The fourth-order valence-corrected chi connectivity index (χ4v) is 3.91. The van der Waals surface area contributed by atoms with E-state index < -0.39 is 0 Å². The fraction of sp³-hybridized carbons (Fsp3) is 0.208. The minimum Gasteiger partial charge on any atom is -0.334 e. The number of carbonyl (C=O) groups excluding carboxylic acids is 1. The Morgan fingerprint density at radius 3 is 1.88 bits per heavy atom. The van der Waals surface area contributed by atoms with Crippen LogP contribution >= 0.6 is 0 Å². The summed E-state index contributed by atoms with van der Waals surface area (Å²) < 4.78 is 0. The van der Waals surface area contributed by atoms with Crippen molar-refractivity contribution in [2.75, 3.05) is 0 Å². The summed E-state index contributed by atoms with van der Waals surface area (Å²) in [5, 5.41) is 0. The molecule has 4 rings (SSSR count). The van der Waals surface area contributed by atoms with Gasteiger partial charge in [0.25, 0.3) is 0 Å². The Hall–Kier alpha value is -2.87. The van der Waals surface area contributed by atoms with Crippen LogP contribution in [0.3, 0.4) is 0 Å². The molecule has 1 aliphatic heterocycles. The Morgan fingerprint density at radius 2 is 1.27 bits per heavy atom. The minimum atomic E-state index is -0.0337. The Morgan fingerprint density at radius 1 is 0.731 bits per heavy atom. The number of benzene rings is 3. The van der Waals surface area contributed by atoms with Crippen LogP contribution in [0.1, 0.15) is 29.0 Å². The van der Waals surface area contributed by atoms with Crippen molar-refractivity contribution in [2.24, 2.45) is 0 Å². The van der Waals surface area contributed by atoms with Crippen LogP contribution < -0.4 is 0 Å². The van der Waals surface area contributed by atoms with Gasteiger partial charge in [-0.1, -0.05) is 91.0 Å². The number of rotatable bonds is 5. The molecule has 1 aliphatic rings. The lowest BCUT2D eigenvalue weighted by molar-refractivity contribution is -0.130. The molecular formula is C24H23NO. The molecule has 0 N–H and O–H groups in total. The predicted molar refractivity (Wildman–Crippen MR) is 105 cm³/mol. The van der Waals surface area contributed by atoms with Crippen molar-refractivity contribution in [3.63, 3.8) is 0 Å². The van der Waals surface area contributed by atoms with Gasteiger partial charge in [0.05, 0.1) is 5.92 Å². The lowest BCUT2D eigenvalue weighted by atomic mass is 9.94. The summed E-state index contributed by atoms with van der Waals surface area (Å²) in [6.07, 6.45) is 1.79. The standard InChI is InChI=1S/C24H23NO/c26-24-23(21-14-8-3-9-15-21)17-22(16-19-10-4-1-5-11-19)25(24)18-20-12-6-2-7-13-20/h1-15,22-23H,16-18H2/t22-,23+/m0/s1. The first-order valence-electron chi connectivity index (χ1n) is 9.24. The van der Waals surface area contributed by atoms with Gasteiger partial charge in [0.15, 0.2) is 0 Å². The molecule has 1 amide bonds. The average molecular weight is 341 g/mol. The molecule has 2 atom stereocenters. The SMILES string of the molecule is O=C1[C@@H](c2ccccc2)C[C@H](Cc2ccccc2)N1Cc1ccccc1. The molecule has 0 aromatic heterocycles. The molecule has 0 radical (unpaired) electrons. The van der Waals surface area contributed by atoms with Crippen molar-refractivity contribution in [3.05, 3.63) is 108 Å². The third-order valence-corrected chi connectivity index (χ3v) is 5.24. The molecule has 0 spiro atoms. The second kappa shape index (κ2) is 7.57. The van der Waals surface area contributed by atoms with Gasteiger partial charge in [0.2, 0.25) is 5.91 Å². The summed E-state index contributed by atoms with van der Waals surface area (Å²) >= 11 is 0. The zero-order valence-electron chi connectivity index (χ0n) is 14.8. The van der Waals surface area contributed by atoms with E-state index >= 15 is 0 Å². The molecule has 2 heteroatoms. The van der Waals surface area contributed by atoms with Crippen LogP contribution in [-0.2, 0) is 17.8 Å². The Labute approximate surface area is 155 Å².